The van der Waals surface area contributed by atoms with E-state index in [0.29, 0.717) is 5.56 Å². The van der Waals surface area contributed by atoms with Gasteiger partial charge < -0.3 is 0 Å². The van der Waals surface area contributed by atoms with Crippen LogP contribution in [0.2, 0.25) is 0 Å². The van der Waals surface area contributed by atoms with Crippen molar-refractivity contribution in [2.75, 3.05) is 6.54 Å². The van der Waals surface area contributed by atoms with Crippen LogP contribution in [0.1, 0.15) is 16.4 Å². The molecule has 0 spiro atoms. The summed E-state index contributed by atoms with van der Waals surface area (Å²) in [5.41, 5.74) is 0.722. The van der Waals surface area contributed by atoms with Gasteiger partial charge in [-0.2, -0.15) is 0 Å². The Hall–Kier alpha value is -2.07. The summed E-state index contributed by atoms with van der Waals surface area (Å²) in [7, 11) is -7.82. The average Bonchev–Trinajstić information content (AvgIpc) is 3.17. The third kappa shape index (κ3) is 4.33. The number of rotatable bonds is 7. The molecule has 1 heterocycles. The van der Waals surface area contributed by atoms with Crippen LogP contribution in [-0.2, 0) is 19.9 Å². The van der Waals surface area contributed by atoms with E-state index in [9.17, 15) is 21.2 Å². The van der Waals surface area contributed by atoms with Crippen molar-refractivity contribution < 1.29 is 21.2 Å². The smallest absolute Gasteiger partial charge is 0.222 e. The molecule has 0 unspecified atom stereocenters. The van der Waals surface area contributed by atoms with Crippen molar-refractivity contribution in [3.05, 3.63) is 83.0 Å². The quantitative estimate of drug-likeness (QED) is 0.609. The fourth-order valence-corrected chi connectivity index (χ4v) is 7.06. The Morgan fingerprint density at radius 3 is 2.32 bits per heavy atom. The molecule has 28 heavy (non-hydrogen) atoms. The first kappa shape index (κ1) is 20.7. The van der Waals surface area contributed by atoms with E-state index in [2.05, 4.69) is 4.72 Å². The van der Waals surface area contributed by atoms with Gasteiger partial charge in [0.15, 0.2) is 9.84 Å². The van der Waals surface area contributed by atoms with E-state index >= 15 is 0 Å². The van der Waals surface area contributed by atoms with Gasteiger partial charge in [-0.15, -0.1) is 11.3 Å². The van der Waals surface area contributed by atoms with Crippen LogP contribution in [0, 0.1) is 12.7 Å². The van der Waals surface area contributed by atoms with Gasteiger partial charge in [0.1, 0.15) is 15.3 Å². The second-order valence-electron chi connectivity index (χ2n) is 6.14. The van der Waals surface area contributed by atoms with Crippen molar-refractivity contribution in [3.8, 4) is 0 Å². The Labute approximate surface area is 167 Å². The molecule has 0 aliphatic rings. The number of halogens is 1. The first-order chi connectivity index (χ1) is 13.2. The minimum absolute atomic E-state index is 0.0887. The van der Waals surface area contributed by atoms with E-state index in [1.165, 1.54) is 13.0 Å². The Morgan fingerprint density at radius 1 is 1.00 bits per heavy atom. The molecule has 0 fully saturated rings. The van der Waals surface area contributed by atoms with Crippen LogP contribution in [0.4, 0.5) is 4.39 Å². The first-order valence-electron chi connectivity index (χ1n) is 8.30. The lowest BCUT2D eigenvalue weighted by Gasteiger charge is -2.18. The molecule has 0 aliphatic heterocycles. The zero-order valence-electron chi connectivity index (χ0n) is 14.9. The monoisotopic (exact) mass is 439 g/mol. The van der Waals surface area contributed by atoms with E-state index in [-0.39, 0.29) is 21.2 Å². The molecular weight excluding hydrogens is 421 g/mol. The zero-order chi connectivity index (χ0) is 20.4. The molecule has 1 aromatic heterocycles. The topological polar surface area (TPSA) is 80.3 Å². The number of nitrogens with one attached hydrogen (secondary N) is 1. The molecular formula is C19H18FNO4S3. The zero-order valence-corrected chi connectivity index (χ0v) is 17.3. The second-order valence-corrected chi connectivity index (χ2v) is 11.2. The molecule has 9 heteroatoms. The van der Waals surface area contributed by atoms with Gasteiger partial charge in [-0.3, -0.25) is 0 Å². The van der Waals surface area contributed by atoms with Crippen LogP contribution in [0.3, 0.4) is 0 Å². The van der Waals surface area contributed by atoms with Crippen molar-refractivity contribution in [2.24, 2.45) is 0 Å². The maximum Gasteiger partial charge on any atom is 0.240 e. The third-order valence-electron chi connectivity index (χ3n) is 4.21. The third-order valence-corrected chi connectivity index (χ3v) is 9.32. The molecule has 3 rings (SSSR count). The van der Waals surface area contributed by atoms with Gasteiger partial charge in [0.2, 0.25) is 10.0 Å². The lowest BCUT2D eigenvalue weighted by molar-refractivity contribution is 0.569. The molecule has 0 amide bonds. The summed E-state index contributed by atoms with van der Waals surface area (Å²) in [6.45, 7) is 1.14. The van der Waals surface area contributed by atoms with E-state index in [4.69, 9.17) is 0 Å². The number of aryl methyl sites for hydroxylation is 1. The summed E-state index contributed by atoms with van der Waals surface area (Å²) in [6.07, 6.45) is 0. The summed E-state index contributed by atoms with van der Waals surface area (Å²) in [5.74, 6) is -0.543. The lowest BCUT2D eigenvalue weighted by atomic mass is 10.1. The van der Waals surface area contributed by atoms with Crippen LogP contribution in [0.5, 0.6) is 0 Å². The van der Waals surface area contributed by atoms with Crippen molar-refractivity contribution in [1.29, 1.82) is 0 Å². The van der Waals surface area contributed by atoms with E-state index in [1.54, 1.807) is 41.8 Å². The predicted molar refractivity (Wildman–Crippen MR) is 107 cm³/mol. The Balaban J connectivity index is 1.95. The number of thiophene rings is 1. The molecule has 3 aromatic rings. The molecule has 0 aliphatic carbocycles. The normalized spacial score (nSPS) is 13.4. The highest BCUT2D eigenvalue weighted by atomic mass is 32.2. The van der Waals surface area contributed by atoms with Gasteiger partial charge in [0, 0.05) is 6.54 Å². The Kier molecular flexibility index (Phi) is 5.99. The molecule has 5 nitrogen and oxygen atoms in total. The Bertz CT molecular complexity index is 1160. The first-order valence-corrected chi connectivity index (χ1v) is 12.2. The summed E-state index contributed by atoms with van der Waals surface area (Å²) in [5, 5.41) is 0.559. The maximum atomic E-state index is 13.3. The fraction of sp³-hybridized carbons (Fsp3) is 0.158. The minimum atomic E-state index is -4.02. The summed E-state index contributed by atoms with van der Waals surface area (Å²) in [6, 6.07) is 14.9. The standard InChI is InChI=1S/C19H18FNO4S3/c1-14-12-16(20)9-10-17(14)28(24,25)21-13-18(15-6-3-2-4-7-15)27(22,23)19-8-5-11-26-19/h2-12,18,21H,13H2,1H3/t18-/m1/s1. The van der Waals surface area contributed by atoms with Gasteiger partial charge >= 0.3 is 0 Å². The van der Waals surface area contributed by atoms with Crippen molar-refractivity contribution in [1.82, 2.24) is 4.72 Å². The fourth-order valence-electron chi connectivity index (χ4n) is 2.82. The van der Waals surface area contributed by atoms with Gasteiger partial charge in [-0.25, -0.2) is 25.9 Å². The van der Waals surface area contributed by atoms with Gasteiger partial charge in [-0.1, -0.05) is 36.4 Å². The van der Waals surface area contributed by atoms with E-state index in [0.717, 1.165) is 29.5 Å². The molecule has 0 radical (unpaired) electrons. The van der Waals surface area contributed by atoms with Crippen LogP contribution < -0.4 is 4.72 Å². The summed E-state index contributed by atoms with van der Waals surface area (Å²) < 4.78 is 67.4. The molecule has 148 valence electrons. The van der Waals surface area contributed by atoms with Gasteiger partial charge in [0.05, 0.1) is 4.90 Å². The number of benzene rings is 2. The summed E-state index contributed by atoms with van der Waals surface area (Å²) in [4.78, 5) is -0.0887. The van der Waals surface area contributed by atoms with Crippen LogP contribution in [-0.4, -0.2) is 23.4 Å². The molecule has 0 saturated carbocycles. The Morgan fingerprint density at radius 2 is 1.71 bits per heavy atom. The molecule has 2 aromatic carbocycles. The minimum Gasteiger partial charge on any atom is -0.222 e. The SMILES string of the molecule is Cc1cc(F)ccc1S(=O)(=O)NC[C@H](c1ccccc1)S(=O)(=O)c1cccs1. The maximum absolute atomic E-state index is 13.3. The predicted octanol–water partition coefficient (Wildman–Crippen LogP) is 3.69. The van der Waals surface area contributed by atoms with Crippen molar-refractivity contribution in [3.63, 3.8) is 0 Å². The van der Waals surface area contributed by atoms with E-state index in [1.807, 2.05) is 0 Å². The van der Waals surface area contributed by atoms with Crippen LogP contribution >= 0.6 is 11.3 Å². The lowest BCUT2D eigenvalue weighted by Crippen LogP contribution is -2.32. The average molecular weight is 440 g/mol. The highest BCUT2D eigenvalue weighted by molar-refractivity contribution is 7.93. The summed E-state index contributed by atoms with van der Waals surface area (Å²) >= 11 is 1.08. The second kappa shape index (κ2) is 8.12. The molecule has 1 N–H and O–H groups in total. The van der Waals surface area contributed by atoms with E-state index < -0.39 is 30.9 Å². The molecule has 0 saturated heterocycles. The van der Waals surface area contributed by atoms with Crippen LogP contribution in [0.15, 0.2) is 75.1 Å². The number of hydrogen-bond acceptors (Lipinski definition) is 5. The van der Waals surface area contributed by atoms with Crippen LogP contribution in [0.25, 0.3) is 0 Å². The molecule has 0 bridgehead atoms. The van der Waals surface area contributed by atoms with Gasteiger partial charge in [-0.05, 0) is 47.7 Å². The largest absolute Gasteiger partial charge is 0.240 e. The van der Waals surface area contributed by atoms with Crippen molar-refractivity contribution in [2.45, 2.75) is 21.3 Å². The number of sulfonamides is 1. The highest BCUT2D eigenvalue weighted by Crippen LogP contribution is 2.31. The highest BCUT2D eigenvalue weighted by Gasteiger charge is 2.31. The number of sulfone groups is 1. The van der Waals surface area contributed by atoms with Gasteiger partial charge in [0.25, 0.3) is 0 Å². The molecule has 1 atom stereocenters. The van der Waals surface area contributed by atoms with Crippen molar-refractivity contribution >= 4 is 31.2 Å². The number of hydrogen-bond donors (Lipinski definition) is 1.